The third-order valence-corrected chi connectivity index (χ3v) is 4.28. The van der Waals surface area contributed by atoms with E-state index in [0.29, 0.717) is 6.04 Å². The van der Waals surface area contributed by atoms with Crippen LogP contribution in [0, 0.1) is 17.8 Å². The molecular weight excluding hydrogens is 200 g/mol. The summed E-state index contributed by atoms with van der Waals surface area (Å²) in [6, 6.07) is 0.428. The number of hydrogen-bond acceptors (Lipinski definition) is 3. The van der Waals surface area contributed by atoms with Gasteiger partial charge in [-0.05, 0) is 49.0 Å². The van der Waals surface area contributed by atoms with Gasteiger partial charge in [-0.25, -0.2) is 0 Å². The Bertz CT molecular complexity index is 363. The van der Waals surface area contributed by atoms with Crippen LogP contribution in [0.25, 0.3) is 0 Å². The molecule has 2 aliphatic carbocycles. The second-order valence-electron chi connectivity index (χ2n) is 5.49. The Morgan fingerprint density at radius 1 is 1.50 bits per heavy atom. The second-order valence-corrected chi connectivity index (χ2v) is 5.49. The monoisotopic (exact) mass is 220 g/mol. The Hall–Kier alpha value is -0.870. The van der Waals surface area contributed by atoms with Crippen molar-refractivity contribution in [2.75, 3.05) is 0 Å². The predicted octanol–water partition coefficient (Wildman–Crippen LogP) is 0.841. The van der Waals surface area contributed by atoms with E-state index < -0.39 is 0 Å². The molecule has 4 nitrogen and oxygen atoms in total. The Labute approximate surface area is 96.2 Å². The average molecular weight is 220 g/mol. The molecule has 3 rings (SSSR count). The van der Waals surface area contributed by atoms with Crippen molar-refractivity contribution < 1.29 is 0 Å². The molecule has 16 heavy (non-hydrogen) atoms. The molecule has 0 aliphatic heterocycles. The van der Waals surface area contributed by atoms with Gasteiger partial charge >= 0.3 is 0 Å². The Morgan fingerprint density at radius 3 is 2.81 bits per heavy atom. The van der Waals surface area contributed by atoms with E-state index in [-0.39, 0.29) is 0 Å². The van der Waals surface area contributed by atoms with Gasteiger partial charge in [-0.15, -0.1) is 0 Å². The Balaban J connectivity index is 1.62. The van der Waals surface area contributed by atoms with Crippen molar-refractivity contribution in [2.45, 2.75) is 31.7 Å². The zero-order chi connectivity index (χ0) is 11.1. The number of aromatic nitrogens is 2. The van der Waals surface area contributed by atoms with Crippen molar-refractivity contribution in [3.8, 4) is 0 Å². The summed E-state index contributed by atoms with van der Waals surface area (Å²) in [6.07, 6.45) is 9.26. The minimum atomic E-state index is 0.428. The van der Waals surface area contributed by atoms with Crippen molar-refractivity contribution in [3.63, 3.8) is 0 Å². The summed E-state index contributed by atoms with van der Waals surface area (Å²) in [5.41, 5.74) is 4.29. The first kappa shape index (κ1) is 10.3. The van der Waals surface area contributed by atoms with Gasteiger partial charge in [0.2, 0.25) is 0 Å². The van der Waals surface area contributed by atoms with Crippen LogP contribution in [0.3, 0.4) is 0 Å². The zero-order valence-electron chi connectivity index (χ0n) is 9.76. The molecule has 3 unspecified atom stereocenters. The Morgan fingerprint density at radius 2 is 2.25 bits per heavy atom. The van der Waals surface area contributed by atoms with Crippen molar-refractivity contribution in [2.24, 2.45) is 30.6 Å². The summed E-state index contributed by atoms with van der Waals surface area (Å²) in [5.74, 6) is 8.51. The van der Waals surface area contributed by atoms with Crippen molar-refractivity contribution >= 4 is 0 Å². The largest absolute Gasteiger partial charge is 0.276 e. The zero-order valence-corrected chi connectivity index (χ0v) is 9.76. The molecule has 3 N–H and O–H groups in total. The summed E-state index contributed by atoms with van der Waals surface area (Å²) >= 11 is 0. The lowest BCUT2D eigenvalue weighted by molar-refractivity contribution is 0.336. The van der Waals surface area contributed by atoms with Crippen LogP contribution in [-0.4, -0.2) is 15.8 Å². The highest BCUT2D eigenvalue weighted by atomic mass is 15.2. The van der Waals surface area contributed by atoms with Crippen molar-refractivity contribution in [3.05, 3.63) is 18.0 Å². The molecule has 2 aliphatic rings. The fourth-order valence-corrected chi connectivity index (χ4v) is 3.28. The smallest absolute Gasteiger partial charge is 0.0522 e. The number of nitrogens with zero attached hydrogens (tertiary/aromatic N) is 2. The molecule has 0 saturated heterocycles. The average Bonchev–Trinajstić information content (AvgIpc) is 2.71. The number of fused-ring (bicyclic) bond motifs is 1. The lowest BCUT2D eigenvalue weighted by Gasteiger charge is -2.23. The normalized spacial score (nSPS) is 33.8. The number of aryl methyl sites for hydroxylation is 1. The molecule has 0 spiro atoms. The van der Waals surface area contributed by atoms with E-state index in [1.807, 2.05) is 17.9 Å². The van der Waals surface area contributed by atoms with Crippen LogP contribution in [0.4, 0.5) is 0 Å². The van der Waals surface area contributed by atoms with E-state index in [2.05, 4.69) is 16.7 Å². The van der Waals surface area contributed by atoms with Gasteiger partial charge in [0.05, 0.1) is 6.20 Å². The van der Waals surface area contributed by atoms with Crippen LogP contribution in [0.1, 0.15) is 24.8 Å². The summed E-state index contributed by atoms with van der Waals surface area (Å²) in [7, 11) is 1.96. The first-order valence-corrected chi connectivity index (χ1v) is 6.20. The summed E-state index contributed by atoms with van der Waals surface area (Å²) in [4.78, 5) is 0. The molecule has 1 heterocycles. The van der Waals surface area contributed by atoms with E-state index in [1.54, 1.807) is 0 Å². The molecule has 2 saturated carbocycles. The topological polar surface area (TPSA) is 55.9 Å². The van der Waals surface area contributed by atoms with Gasteiger partial charge in [-0.3, -0.25) is 16.0 Å². The van der Waals surface area contributed by atoms with Gasteiger partial charge in [0.1, 0.15) is 0 Å². The highest BCUT2D eigenvalue weighted by molar-refractivity contribution is 5.08. The summed E-state index contributed by atoms with van der Waals surface area (Å²) in [6.45, 7) is 0. The number of nitrogens with two attached hydrogens (primary N) is 1. The van der Waals surface area contributed by atoms with Gasteiger partial charge in [0.15, 0.2) is 0 Å². The summed E-state index contributed by atoms with van der Waals surface area (Å²) < 4.78 is 1.86. The van der Waals surface area contributed by atoms with Gasteiger partial charge < -0.3 is 0 Å². The van der Waals surface area contributed by atoms with E-state index in [4.69, 9.17) is 5.84 Å². The molecule has 0 bridgehead atoms. The third kappa shape index (κ3) is 1.87. The fourth-order valence-electron chi connectivity index (χ4n) is 3.28. The van der Waals surface area contributed by atoms with Crippen molar-refractivity contribution in [1.82, 2.24) is 15.2 Å². The minimum Gasteiger partial charge on any atom is -0.276 e. The molecule has 1 aromatic rings. The molecule has 0 aromatic carbocycles. The molecule has 0 radical (unpaired) electrons. The fraction of sp³-hybridized carbons (Fsp3) is 0.750. The summed E-state index contributed by atoms with van der Waals surface area (Å²) in [5, 5.41) is 4.20. The van der Waals surface area contributed by atoms with E-state index in [9.17, 15) is 0 Å². The van der Waals surface area contributed by atoms with Crippen LogP contribution in [-0.2, 0) is 13.5 Å². The predicted molar refractivity (Wildman–Crippen MR) is 62.3 cm³/mol. The van der Waals surface area contributed by atoms with Gasteiger partial charge in [0, 0.05) is 19.3 Å². The maximum absolute atomic E-state index is 5.69. The molecule has 4 heteroatoms. The van der Waals surface area contributed by atoms with Gasteiger partial charge in [-0.1, -0.05) is 0 Å². The number of rotatable bonds is 4. The quantitative estimate of drug-likeness (QED) is 0.584. The molecule has 88 valence electrons. The number of nitrogens with one attached hydrogen (secondary N) is 1. The number of hydrazine groups is 1. The minimum absolute atomic E-state index is 0.428. The molecule has 3 atom stereocenters. The number of hydrogen-bond donors (Lipinski definition) is 2. The van der Waals surface area contributed by atoms with Crippen LogP contribution < -0.4 is 11.3 Å². The second kappa shape index (κ2) is 3.86. The van der Waals surface area contributed by atoms with E-state index in [0.717, 1.165) is 24.2 Å². The lowest BCUT2D eigenvalue weighted by Crippen LogP contribution is -2.42. The third-order valence-electron chi connectivity index (χ3n) is 4.28. The SMILES string of the molecule is Cn1cc(CC(NN)C2CC3CC3C2)cn1. The van der Waals surface area contributed by atoms with Gasteiger partial charge in [-0.2, -0.15) is 5.10 Å². The molecule has 0 amide bonds. The lowest BCUT2D eigenvalue weighted by atomic mass is 9.91. The first-order valence-electron chi connectivity index (χ1n) is 6.20. The molecule has 1 aromatic heterocycles. The first-order chi connectivity index (χ1) is 7.76. The van der Waals surface area contributed by atoms with Crippen LogP contribution in [0.15, 0.2) is 12.4 Å². The van der Waals surface area contributed by atoms with E-state index in [1.165, 1.54) is 24.8 Å². The highest BCUT2D eigenvalue weighted by Gasteiger charge is 2.47. The van der Waals surface area contributed by atoms with Crippen LogP contribution in [0.5, 0.6) is 0 Å². The highest BCUT2D eigenvalue weighted by Crippen LogP contribution is 2.55. The maximum atomic E-state index is 5.69. The molecular formula is C12H20N4. The maximum Gasteiger partial charge on any atom is 0.0522 e. The van der Waals surface area contributed by atoms with E-state index >= 15 is 0 Å². The van der Waals surface area contributed by atoms with Gasteiger partial charge in [0.25, 0.3) is 0 Å². The van der Waals surface area contributed by atoms with Crippen molar-refractivity contribution in [1.29, 1.82) is 0 Å². The van der Waals surface area contributed by atoms with Crippen LogP contribution in [0.2, 0.25) is 0 Å². The Kier molecular flexibility index (Phi) is 2.48. The molecule has 2 fully saturated rings. The van der Waals surface area contributed by atoms with Crippen LogP contribution >= 0.6 is 0 Å². The standard InChI is InChI=1S/C12H20N4/c1-16-7-8(6-14-16)2-12(15-13)11-4-9-3-10(9)5-11/h6-7,9-12,15H,2-5,13H2,1H3.